The molecule has 130 valence electrons. The third-order valence-electron chi connectivity index (χ3n) is 4.16. The molecule has 0 unspecified atom stereocenters. The van der Waals surface area contributed by atoms with Gasteiger partial charge in [0.25, 0.3) is 5.91 Å². The number of hydrogen-bond donors (Lipinski definition) is 0. The van der Waals surface area contributed by atoms with Gasteiger partial charge in [0.15, 0.2) is 6.10 Å². The van der Waals surface area contributed by atoms with Crippen LogP contribution >= 0.6 is 23.2 Å². The molecule has 0 saturated heterocycles. The second kappa shape index (κ2) is 7.46. The first-order valence-corrected chi connectivity index (χ1v) is 8.74. The van der Waals surface area contributed by atoms with Crippen LogP contribution in [0, 0.1) is 0 Å². The van der Waals surface area contributed by atoms with Gasteiger partial charge in [-0.2, -0.15) is 0 Å². The zero-order valence-corrected chi connectivity index (χ0v) is 15.2. The number of benzene rings is 2. The van der Waals surface area contributed by atoms with Gasteiger partial charge in [0.1, 0.15) is 0 Å². The zero-order chi connectivity index (χ0) is 18.0. The van der Waals surface area contributed by atoms with Crippen LogP contribution in [0.5, 0.6) is 0 Å². The van der Waals surface area contributed by atoms with E-state index in [0.29, 0.717) is 22.2 Å². The summed E-state index contributed by atoms with van der Waals surface area (Å²) in [5.41, 5.74) is 2.63. The molecule has 6 heteroatoms. The summed E-state index contributed by atoms with van der Waals surface area (Å²) in [6.07, 6.45) is -0.0579. The molecule has 0 bridgehead atoms. The summed E-state index contributed by atoms with van der Waals surface area (Å²) in [5.74, 6) is -0.724. The molecule has 0 radical (unpaired) electrons. The first-order chi connectivity index (χ1) is 12.0. The van der Waals surface area contributed by atoms with Gasteiger partial charge in [0.2, 0.25) is 0 Å². The normalized spacial score (nSPS) is 14.1. The molecule has 4 nitrogen and oxygen atoms in total. The Balaban J connectivity index is 1.63. The second-order valence-corrected chi connectivity index (χ2v) is 6.76. The van der Waals surface area contributed by atoms with E-state index in [9.17, 15) is 9.59 Å². The number of carbonyl (C=O) groups excluding carboxylic acids is 2. The number of hydrogen-bond acceptors (Lipinski definition) is 3. The molecule has 1 heterocycles. The largest absolute Gasteiger partial charge is 0.452 e. The van der Waals surface area contributed by atoms with E-state index in [1.165, 1.54) is 0 Å². The number of anilines is 1. The maximum absolute atomic E-state index is 12.6. The average Bonchev–Trinajstić information content (AvgIpc) is 3.00. The molecule has 2 aromatic carbocycles. The molecule has 2 aromatic rings. The predicted molar refractivity (Wildman–Crippen MR) is 98.2 cm³/mol. The SMILES string of the molecule is C[C@H](OC(=O)Cc1ccc(Cl)cc1Cl)C(=O)N1CCc2ccccc21. The first kappa shape index (κ1) is 17.8. The van der Waals surface area contributed by atoms with Gasteiger partial charge < -0.3 is 9.64 Å². The lowest BCUT2D eigenvalue weighted by Crippen LogP contribution is -2.39. The van der Waals surface area contributed by atoms with Gasteiger partial charge in [0, 0.05) is 22.3 Å². The van der Waals surface area contributed by atoms with Gasteiger partial charge in [-0.05, 0) is 42.7 Å². The summed E-state index contributed by atoms with van der Waals surface area (Å²) in [5, 5.41) is 0.898. The minimum atomic E-state index is -0.857. The van der Waals surface area contributed by atoms with E-state index in [2.05, 4.69) is 0 Å². The average molecular weight is 378 g/mol. The highest BCUT2D eigenvalue weighted by Crippen LogP contribution is 2.28. The summed E-state index contributed by atoms with van der Waals surface area (Å²) >= 11 is 11.9. The minimum absolute atomic E-state index is 0.00971. The number of para-hydroxylation sites is 1. The molecule has 1 amide bonds. The Bertz CT molecular complexity index is 822. The number of nitrogens with zero attached hydrogens (tertiary/aromatic N) is 1. The van der Waals surface area contributed by atoms with Crippen LogP contribution in [-0.4, -0.2) is 24.5 Å². The van der Waals surface area contributed by atoms with Crippen molar-refractivity contribution in [3.8, 4) is 0 Å². The molecule has 0 N–H and O–H groups in total. The fraction of sp³-hybridized carbons (Fsp3) is 0.263. The van der Waals surface area contributed by atoms with Crippen LogP contribution in [0.2, 0.25) is 10.0 Å². The van der Waals surface area contributed by atoms with Gasteiger partial charge in [0.05, 0.1) is 6.42 Å². The highest BCUT2D eigenvalue weighted by Gasteiger charge is 2.29. The number of amides is 1. The molecule has 0 aliphatic carbocycles. The summed E-state index contributed by atoms with van der Waals surface area (Å²) in [6, 6.07) is 12.7. The Morgan fingerprint density at radius 3 is 2.72 bits per heavy atom. The van der Waals surface area contributed by atoms with E-state index in [-0.39, 0.29) is 12.3 Å². The number of ether oxygens (including phenoxy) is 1. The summed E-state index contributed by atoms with van der Waals surface area (Å²) < 4.78 is 5.31. The molecule has 25 heavy (non-hydrogen) atoms. The number of esters is 1. The van der Waals surface area contributed by atoms with Crippen LogP contribution < -0.4 is 4.90 Å². The van der Waals surface area contributed by atoms with Crippen molar-refractivity contribution in [3.63, 3.8) is 0 Å². The lowest BCUT2D eigenvalue weighted by Gasteiger charge is -2.21. The molecule has 0 saturated carbocycles. The maximum Gasteiger partial charge on any atom is 0.311 e. The zero-order valence-electron chi connectivity index (χ0n) is 13.7. The highest BCUT2D eigenvalue weighted by molar-refractivity contribution is 6.35. The van der Waals surface area contributed by atoms with Crippen molar-refractivity contribution in [1.29, 1.82) is 0 Å². The summed E-state index contributed by atoms with van der Waals surface area (Å²) in [4.78, 5) is 26.4. The second-order valence-electron chi connectivity index (χ2n) is 5.91. The third kappa shape index (κ3) is 3.97. The van der Waals surface area contributed by atoms with Crippen molar-refractivity contribution in [2.45, 2.75) is 25.9 Å². The van der Waals surface area contributed by atoms with Crippen molar-refractivity contribution in [1.82, 2.24) is 0 Å². The lowest BCUT2D eigenvalue weighted by molar-refractivity contribution is -0.153. The lowest BCUT2D eigenvalue weighted by atomic mass is 10.1. The van der Waals surface area contributed by atoms with Crippen LogP contribution in [0.1, 0.15) is 18.1 Å². The fourth-order valence-electron chi connectivity index (χ4n) is 2.90. The van der Waals surface area contributed by atoms with Gasteiger partial charge in [-0.1, -0.05) is 47.5 Å². The molecular formula is C19H17Cl2NO3. The summed E-state index contributed by atoms with van der Waals surface area (Å²) in [6.45, 7) is 2.19. The van der Waals surface area contributed by atoms with Crippen molar-refractivity contribution in [2.24, 2.45) is 0 Å². The monoisotopic (exact) mass is 377 g/mol. The minimum Gasteiger partial charge on any atom is -0.452 e. The van der Waals surface area contributed by atoms with Gasteiger partial charge in [-0.15, -0.1) is 0 Å². The topological polar surface area (TPSA) is 46.6 Å². The van der Waals surface area contributed by atoms with Crippen molar-refractivity contribution < 1.29 is 14.3 Å². The molecule has 0 fully saturated rings. The van der Waals surface area contributed by atoms with E-state index < -0.39 is 12.1 Å². The van der Waals surface area contributed by atoms with Gasteiger partial charge >= 0.3 is 5.97 Å². The Hall–Kier alpha value is -2.04. The van der Waals surface area contributed by atoms with E-state index in [1.54, 1.807) is 30.0 Å². The number of carbonyl (C=O) groups is 2. The maximum atomic E-state index is 12.6. The first-order valence-electron chi connectivity index (χ1n) is 7.98. The quantitative estimate of drug-likeness (QED) is 0.754. The molecular weight excluding hydrogens is 361 g/mol. The Morgan fingerprint density at radius 1 is 1.20 bits per heavy atom. The van der Waals surface area contributed by atoms with Crippen LogP contribution in [0.3, 0.4) is 0 Å². The fourth-order valence-corrected chi connectivity index (χ4v) is 3.37. The molecule has 1 aliphatic rings. The van der Waals surface area contributed by atoms with Crippen LogP contribution in [0.15, 0.2) is 42.5 Å². The number of rotatable bonds is 4. The standard InChI is InChI=1S/C19H17Cl2NO3/c1-12(19(24)22-9-8-13-4-2-3-5-17(13)22)25-18(23)10-14-6-7-15(20)11-16(14)21/h2-7,11-12H,8-10H2,1H3/t12-/m0/s1. The Kier molecular flexibility index (Phi) is 5.30. The Morgan fingerprint density at radius 2 is 1.96 bits per heavy atom. The highest BCUT2D eigenvalue weighted by atomic mass is 35.5. The van der Waals surface area contributed by atoms with Gasteiger partial charge in [-0.3, -0.25) is 9.59 Å². The smallest absolute Gasteiger partial charge is 0.311 e. The van der Waals surface area contributed by atoms with E-state index in [4.69, 9.17) is 27.9 Å². The third-order valence-corrected chi connectivity index (χ3v) is 4.75. The van der Waals surface area contributed by atoms with Crippen LogP contribution in [0.25, 0.3) is 0 Å². The van der Waals surface area contributed by atoms with E-state index in [0.717, 1.165) is 17.7 Å². The van der Waals surface area contributed by atoms with Gasteiger partial charge in [-0.25, -0.2) is 0 Å². The number of fused-ring (bicyclic) bond motifs is 1. The predicted octanol–water partition coefficient (Wildman–Crippen LogP) is 4.06. The van der Waals surface area contributed by atoms with Crippen molar-refractivity contribution in [3.05, 3.63) is 63.6 Å². The molecule has 0 aromatic heterocycles. The molecule has 1 aliphatic heterocycles. The number of halogens is 2. The summed E-state index contributed by atoms with van der Waals surface area (Å²) in [7, 11) is 0. The molecule has 3 rings (SSSR count). The molecule has 1 atom stereocenters. The van der Waals surface area contributed by atoms with Crippen LogP contribution in [-0.2, 0) is 27.2 Å². The van der Waals surface area contributed by atoms with Crippen molar-refractivity contribution >= 4 is 40.8 Å². The van der Waals surface area contributed by atoms with Crippen molar-refractivity contribution in [2.75, 3.05) is 11.4 Å². The van der Waals surface area contributed by atoms with E-state index >= 15 is 0 Å². The van der Waals surface area contributed by atoms with E-state index in [1.807, 2.05) is 24.3 Å². The molecule has 0 spiro atoms. The Labute approximate surface area is 156 Å². The van der Waals surface area contributed by atoms with Crippen LogP contribution in [0.4, 0.5) is 5.69 Å².